The number of benzene rings is 2. The van der Waals surface area contributed by atoms with Gasteiger partial charge in [-0.1, -0.05) is 12.1 Å². The summed E-state index contributed by atoms with van der Waals surface area (Å²) in [7, 11) is 0. The SMILES string of the molecule is OCCCOc1ccc(-c2cccc(O)c2)c(OC(F)(F)F)c1. The van der Waals surface area contributed by atoms with Crippen LogP contribution in [0.2, 0.25) is 0 Å². The second kappa shape index (κ2) is 7.23. The third-order valence-corrected chi connectivity index (χ3v) is 2.91. The molecule has 0 radical (unpaired) electrons. The van der Waals surface area contributed by atoms with Crippen LogP contribution in [-0.2, 0) is 0 Å². The highest BCUT2D eigenvalue weighted by atomic mass is 19.4. The van der Waals surface area contributed by atoms with Crippen LogP contribution in [0.5, 0.6) is 17.2 Å². The highest BCUT2D eigenvalue weighted by molar-refractivity contribution is 5.72. The predicted octanol–water partition coefficient (Wildman–Crippen LogP) is 3.72. The summed E-state index contributed by atoms with van der Waals surface area (Å²) in [4.78, 5) is 0. The van der Waals surface area contributed by atoms with Crippen molar-refractivity contribution in [1.82, 2.24) is 0 Å². The average Bonchev–Trinajstić information content (AvgIpc) is 2.46. The Morgan fingerprint density at radius 2 is 1.83 bits per heavy atom. The zero-order valence-corrected chi connectivity index (χ0v) is 12.0. The normalized spacial score (nSPS) is 11.3. The fourth-order valence-corrected chi connectivity index (χ4v) is 1.97. The Kier molecular flexibility index (Phi) is 5.33. The van der Waals surface area contributed by atoms with E-state index in [2.05, 4.69) is 4.74 Å². The van der Waals surface area contributed by atoms with E-state index in [-0.39, 0.29) is 30.3 Å². The van der Waals surface area contributed by atoms with Crippen molar-refractivity contribution >= 4 is 0 Å². The average molecular weight is 328 g/mol. The van der Waals surface area contributed by atoms with Crippen molar-refractivity contribution in [3.63, 3.8) is 0 Å². The Balaban J connectivity index is 2.36. The fourth-order valence-electron chi connectivity index (χ4n) is 1.97. The van der Waals surface area contributed by atoms with Gasteiger partial charge in [-0.3, -0.25) is 0 Å². The number of alkyl halides is 3. The summed E-state index contributed by atoms with van der Waals surface area (Å²) in [5, 5.41) is 18.2. The number of halogens is 3. The van der Waals surface area contributed by atoms with Crippen LogP contribution < -0.4 is 9.47 Å². The van der Waals surface area contributed by atoms with Crippen LogP contribution in [0.3, 0.4) is 0 Å². The fraction of sp³-hybridized carbons (Fsp3) is 0.250. The number of phenolic OH excluding ortho intramolecular Hbond substituents is 1. The van der Waals surface area contributed by atoms with Crippen molar-refractivity contribution in [2.45, 2.75) is 12.8 Å². The Hall–Kier alpha value is -2.41. The van der Waals surface area contributed by atoms with Crippen LogP contribution in [0.1, 0.15) is 6.42 Å². The van der Waals surface area contributed by atoms with Crippen LogP contribution in [0.15, 0.2) is 42.5 Å². The van der Waals surface area contributed by atoms with E-state index in [1.54, 1.807) is 6.07 Å². The summed E-state index contributed by atoms with van der Waals surface area (Å²) in [6.45, 7) is 0.0979. The van der Waals surface area contributed by atoms with Gasteiger partial charge in [-0.05, 0) is 29.8 Å². The van der Waals surface area contributed by atoms with Crippen molar-refractivity contribution in [1.29, 1.82) is 0 Å². The standard InChI is InChI=1S/C16H15F3O4/c17-16(18,19)23-15-10-13(22-8-2-7-20)5-6-14(15)11-3-1-4-12(21)9-11/h1,3-6,9-10,20-21H,2,7-8H2. The zero-order valence-electron chi connectivity index (χ0n) is 12.0. The van der Waals surface area contributed by atoms with Crippen LogP contribution in [0.25, 0.3) is 11.1 Å². The number of hydrogen-bond donors (Lipinski definition) is 2. The highest BCUT2D eigenvalue weighted by Gasteiger charge is 2.32. The maximum Gasteiger partial charge on any atom is 0.573 e. The van der Waals surface area contributed by atoms with Gasteiger partial charge in [0.25, 0.3) is 0 Å². The number of aromatic hydroxyl groups is 1. The molecule has 2 aromatic rings. The third kappa shape index (κ3) is 5.07. The molecule has 23 heavy (non-hydrogen) atoms. The van der Waals surface area contributed by atoms with E-state index in [0.29, 0.717) is 12.0 Å². The van der Waals surface area contributed by atoms with Gasteiger partial charge in [0.1, 0.15) is 17.2 Å². The molecule has 0 amide bonds. The van der Waals surface area contributed by atoms with E-state index >= 15 is 0 Å². The van der Waals surface area contributed by atoms with Gasteiger partial charge in [0.05, 0.1) is 6.61 Å². The number of ether oxygens (including phenoxy) is 2. The lowest BCUT2D eigenvalue weighted by atomic mass is 10.0. The van der Waals surface area contributed by atoms with E-state index < -0.39 is 12.1 Å². The summed E-state index contributed by atoms with van der Waals surface area (Å²) in [5.41, 5.74) is 0.555. The number of rotatable bonds is 6. The third-order valence-electron chi connectivity index (χ3n) is 2.91. The first-order chi connectivity index (χ1) is 10.9. The summed E-state index contributed by atoms with van der Waals surface area (Å²) in [5.74, 6) is -0.296. The van der Waals surface area contributed by atoms with Crippen molar-refractivity contribution in [3.05, 3.63) is 42.5 Å². The quantitative estimate of drug-likeness (QED) is 0.794. The lowest BCUT2D eigenvalue weighted by molar-refractivity contribution is -0.274. The van der Waals surface area contributed by atoms with Crippen LogP contribution >= 0.6 is 0 Å². The summed E-state index contributed by atoms with van der Waals surface area (Å²) >= 11 is 0. The zero-order chi connectivity index (χ0) is 16.9. The molecule has 4 nitrogen and oxygen atoms in total. The largest absolute Gasteiger partial charge is 0.573 e. The Morgan fingerprint density at radius 3 is 2.48 bits per heavy atom. The monoisotopic (exact) mass is 328 g/mol. The van der Waals surface area contributed by atoms with E-state index in [4.69, 9.17) is 9.84 Å². The molecular formula is C16H15F3O4. The molecule has 0 bridgehead atoms. The van der Waals surface area contributed by atoms with Gasteiger partial charge < -0.3 is 19.7 Å². The van der Waals surface area contributed by atoms with Crippen molar-refractivity contribution in [2.24, 2.45) is 0 Å². The van der Waals surface area contributed by atoms with E-state index in [0.717, 1.165) is 6.07 Å². The lowest BCUT2D eigenvalue weighted by Gasteiger charge is -2.15. The number of aliphatic hydroxyl groups is 1. The van der Waals surface area contributed by atoms with Crippen molar-refractivity contribution in [2.75, 3.05) is 13.2 Å². The molecule has 2 N–H and O–H groups in total. The molecule has 124 valence electrons. The second-order valence-corrected chi connectivity index (χ2v) is 4.68. The topological polar surface area (TPSA) is 58.9 Å². The molecule has 0 saturated heterocycles. The molecule has 0 heterocycles. The van der Waals surface area contributed by atoms with Gasteiger partial charge in [0.15, 0.2) is 0 Å². The molecule has 0 aromatic heterocycles. The summed E-state index contributed by atoms with van der Waals surface area (Å²) in [6, 6.07) is 9.89. The van der Waals surface area contributed by atoms with Gasteiger partial charge in [-0.2, -0.15) is 0 Å². The molecule has 0 unspecified atom stereocenters. The first-order valence-electron chi connectivity index (χ1n) is 6.82. The van der Waals surface area contributed by atoms with Crippen LogP contribution in [0, 0.1) is 0 Å². The first kappa shape index (κ1) is 17.0. The van der Waals surface area contributed by atoms with Gasteiger partial charge in [0, 0.05) is 24.7 Å². The van der Waals surface area contributed by atoms with Crippen molar-refractivity contribution in [3.8, 4) is 28.4 Å². The van der Waals surface area contributed by atoms with Crippen molar-refractivity contribution < 1.29 is 32.9 Å². The number of hydrogen-bond acceptors (Lipinski definition) is 4. The highest BCUT2D eigenvalue weighted by Crippen LogP contribution is 2.37. The van der Waals surface area contributed by atoms with Crippen LogP contribution in [-0.4, -0.2) is 29.8 Å². The smallest absolute Gasteiger partial charge is 0.508 e. The van der Waals surface area contributed by atoms with Gasteiger partial charge in [-0.25, -0.2) is 0 Å². The number of aliphatic hydroxyl groups excluding tert-OH is 1. The molecule has 0 atom stereocenters. The minimum absolute atomic E-state index is 0.0660. The van der Waals surface area contributed by atoms with E-state index in [9.17, 15) is 18.3 Å². The minimum atomic E-state index is -4.85. The van der Waals surface area contributed by atoms with Crippen LogP contribution in [0.4, 0.5) is 13.2 Å². The molecule has 0 spiro atoms. The summed E-state index contributed by atoms with van der Waals surface area (Å²) < 4.78 is 47.2. The maximum atomic E-state index is 12.6. The molecule has 0 aliphatic rings. The molecule has 2 rings (SSSR count). The molecule has 0 saturated carbocycles. The number of phenols is 1. The molecule has 0 fully saturated rings. The minimum Gasteiger partial charge on any atom is -0.508 e. The van der Waals surface area contributed by atoms with E-state index in [1.807, 2.05) is 0 Å². The van der Waals surface area contributed by atoms with Gasteiger partial charge >= 0.3 is 6.36 Å². The Bertz CT molecular complexity index is 656. The lowest BCUT2D eigenvalue weighted by Crippen LogP contribution is -2.17. The Labute approximate surface area is 130 Å². The predicted molar refractivity (Wildman–Crippen MR) is 77.4 cm³/mol. The first-order valence-corrected chi connectivity index (χ1v) is 6.82. The summed E-state index contributed by atoms with van der Waals surface area (Å²) in [6.07, 6.45) is -4.49. The maximum absolute atomic E-state index is 12.6. The Morgan fingerprint density at radius 1 is 1.04 bits per heavy atom. The van der Waals surface area contributed by atoms with Gasteiger partial charge in [-0.15, -0.1) is 13.2 Å². The molecule has 0 aliphatic heterocycles. The molecule has 7 heteroatoms. The second-order valence-electron chi connectivity index (χ2n) is 4.68. The molecule has 0 aliphatic carbocycles. The molecule has 2 aromatic carbocycles. The van der Waals surface area contributed by atoms with Gasteiger partial charge in [0.2, 0.25) is 0 Å². The molecular weight excluding hydrogens is 313 g/mol. The van der Waals surface area contributed by atoms with E-state index in [1.165, 1.54) is 30.3 Å².